The van der Waals surface area contributed by atoms with E-state index in [0.717, 1.165) is 25.5 Å². The van der Waals surface area contributed by atoms with Gasteiger partial charge in [0.15, 0.2) is 0 Å². The van der Waals surface area contributed by atoms with Crippen LogP contribution in [-0.2, 0) is 6.42 Å². The summed E-state index contributed by atoms with van der Waals surface area (Å²) in [6.45, 7) is 0.967. The van der Waals surface area contributed by atoms with Crippen LogP contribution in [0, 0.1) is 11.6 Å². The molecule has 2 aromatic rings. The van der Waals surface area contributed by atoms with E-state index in [1.54, 1.807) is 0 Å². The van der Waals surface area contributed by atoms with Gasteiger partial charge in [0, 0.05) is 17.7 Å². The van der Waals surface area contributed by atoms with Gasteiger partial charge in [-0.1, -0.05) is 0 Å². The van der Waals surface area contributed by atoms with E-state index in [1.807, 2.05) is 0 Å². The van der Waals surface area contributed by atoms with Gasteiger partial charge in [0.2, 0.25) is 0 Å². The number of furan rings is 1. The number of hydrogen-bond donors (Lipinski definition) is 1. The third kappa shape index (κ3) is 1.82. The van der Waals surface area contributed by atoms with Crippen LogP contribution in [0.2, 0.25) is 0 Å². The van der Waals surface area contributed by atoms with Gasteiger partial charge in [-0.05, 0) is 31.9 Å². The lowest BCUT2D eigenvalue weighted by molar-refractivity contribution is 0.535. The van der Waals surface area contributed by atoms with Crippen LogP contribution in [0.3, 0.4) is 0 Å². The molecule has 3 rings (SSSR count). The fraction of sp³-hybridized carbons (Fsp3) is 0.385. The van der Waals surface area contributed by atoms with Crippen molar-refractivity contribution >= 4 is 11.0 Å². The Balaban J connectivity index is 2.04. The first-order chi connectivity index (χ1) is 8.25. The number of benzene rings is 1. The molecule has 1 atom stereocenters. The molecule has 1 aliphatic rings. The van der Waals surface area contributed by atoms with Crippen molar-refractivity contribution in [3.63, 3.8) is 0 Å². The molecule has 17 heavy (non-hydrogen) atoms. The predicted molar refractivity (Wildman–Crippen MR) is 60.9 cm³/mol. The van der Waals surface area contributed by atoms with Crippen molar-refractivity contribution in [2.75, 3.05) is 6.54 Å². The van der Waals surface area contributed by atoms with Crippen LogP contribution in [0.25, 0.3) is 11.0 Å². The lowest BCUT2D eigenvalue weighted by Crippen LogP contribution is -2.24. The minimum absolute atomic E-state index is 0.267. The van der Waals surface area contributed by atoms with Crippen LogP contribution in [0.1, 0.15) is 18.4 Å². The van der Waals surface area contributed by atoms with Crippen LogP contribution in [0.15, 0.2) is 22.8 Å². The van der Waals surface area contributed by atoms with Gasteiger partial charge >= 0.3 is 0 Å². The Kier molecular flexibility index (Phi) is 2.59. The topological polar surface area (TPSA) is 25.2 Å². The Bertz CT molecular complexity index is 544. The molecule has 0 spiro atoms. The lowest BCUT2D eigenvalue weighted by atomic mass is 10.0. The summed E-state index contributed by atoms with van der Waals surface area (Å²) < 4.78 is 32.5. The number of fused-ring (bicyclic) bond motifs is 1. The molecule has 90 valence electrons. The molecule has 1 aromatic carbocycles. The first-order valence-corrected chi connectivity index (χ1v) is 5.83. The summed E-state index contributed by atoms with van der Waals surface area (Å²) in [6.07, 6.45) is 4.09. The van der Waals surface area contributed by atoms with Crippen LogP contribution < -0.4 is 5.32 Å². The number of rotatable bonds is 2. The fourth-order valence-electron chi connectivity index (χ4n) is 2.48. The summed E-state index contributed by atoms with van der Waals surface area (Å²) in [7, 11) is 0. The van der Waals surface area contributed by atoms with E-state index in [9.17, 15) is 8.78 Å². The van der Waals surface area contributed by atoms with Crippen LogP contribution in [-0.4, -0.2) is 12.6 Å². The molecule has 0 saturated carbocycles. The van der Waals surface area contributed by atoms with E-state index < -0.39 is 11.6 Å². The summed E-state index contributed by atoms with van der Waals surface area (Å²) in [5, 5.41) is 3.66. The first kappa shape index (κ1) is 10.7. The Morgan fingerprint density at radius 2 is 2.24 bits per heavy atom. The maximum atomic E-state index is 13.8. The molecular formula is C13H13F2NO. The highest BCUT2D eigenvalue weighted by Crippen LogP contribution is 2.27. The molecule has 1 unspecified atom stereocenters. The van der Waals surface area contributed by atoms with E-state index in [4.69, 9.17) is 4.42 Å². The molecular weight excluding hydrogens is 224 g/mol. The highest BCUT2D eigenvalue weighted by atomic mass is 19.1. The molecule has 0 aliphatic carbocycles. The van der Waals surface area contributed by atoms with Crippen LogP contribution in [0.4, 0.5) is 8.78 Å². The molecule has 4 heteroatoms. The monoisotopic (exact) mass is 237 g/mol. The molecule has 1 aliphatic heterocycles. The minimum atomic E-state index is -0.561. The van der Waals surface area contributed by atoms with E-state index in [2.05, 4.69) is 5.32 Å². The zero-order valence-corrected chi connectivity index (χ0v) is 9.30. The molecule has 1 fully saturated rings. The SMILES string of the molecule is Fc1cc(F)c2ccoc2c1CC1CCCN1. The van der Waals surface area contributed by atoms with Crippen LogP contribution >= 0.6 is 0 Å². The minimum Gasteiger partial charge on any atom is -0.464 e. The van der Waals surface area contributed by atoms with Crippen molar-refractivity contribution in [3.05, 3.63) is 35.6 Å². The normalized spacial score (nSPS) is 20.2. The zero-order valence-electron chi connectivity index (χ0n) is 9.30. The standard InChI is InChI=1S/C13H13F2NO/c14-11-7-12(15)10(6-8-2-1-4-16-8)13-9(11)3-5-17-13/h3,5,7-8,16H,1-2,4,6H2. The van der Waals surface area contributed by atoms with E-state index >= 15 is 0 Å². The first-order valence-electron chi connectivity index (χ1n) is 5.83. The smallest absolute Gasteiger partial charge is 0.142 e. The van der Waals surface area contributed by atoms with E-state index in [0.29, 0.717) is 23.0 Å². The van der Waals surface area contributed by atoms with Crippen LogP contribution in [0.5, 0.6) is 0 Å². The maximum Gasteiger partial charge on any atom is 0.142 e. The van der Waals surface area contributed by atoms with Gasteiger partial charge in [-0.15, -0.1) is 0 Å². The Labute approximate surface area is 97.6 Å². The van der Waals surface area contributed by atoms with Gasteiger partial charge in [-0.3, -0.25) is 0 Å². The van der Waals surface area contributed by atoms with E-state index in [-0.39, 0.29) is 6.04 Å². The number of nitrogens with one attached hydrogen (secondary N) is 1. The average molecular weight is 237 g/mol. The van der Waals surface area contributed by atoms with Gasteiger partial charge < -0.3 is 9.73 Å². The van der Waals surface area contributed by atoms with Gasteiger partial charge in [-0.25, -0.2) is 8.78 Å². The second kappa shape index (κ2) is 4.11. The predicted octanol–water partition coefficient (Wildman–Crippen LogP) is 3.01. The number of halogens is 2. The molecule has 0 amide bonds. The summed E-state index contributed by atoms with van der Waals surface area (Å²) in [4.78, 5) is 0. The van der Waals surface area contributed by atoms with Crippen molar-refractivity contribution < 1.29 is 13.2 Å². The molecule has 1 N–H and O–H groups in total. The van der Waals surface area contributed by atoms with Crippen molar-refractivity contribution in [1.82, 2.24) is 5.32 Å². The molecule has 2 nitrogen and oxygen atoms in total. The summed E-state index contributed by atoms with van der Waals surface area (Å²) in [5.41, 5.74) is 0.821. The zero-order chi connectivity index (χ0) is 11.8. The largest absolute Gasteiger partial charge is 0.464 e. The average Bonchev–Trinajstić information content (AvgIpc) is 2.95. The second-order valence-electron chi connectivity index (χ2n) is 4.48. The Hall–Kier alpha value is -1.42. The van der Waals surface area contributed by atoms with Crippen molar-refractivity contribution in [2.24, 2.45) is 0 Å². The quantitative estimate of drug-likeness (QED) is 0.868. The summed E-state index contributed by atoms with van der Waals surface area (Å²) in [5.74, 6) is -1.08. The highest BCUT2D eigenvalue weighted by Gasteiger charge is 2.21. The van der Waals surface area contributed by atoms with Crippen molar-refractivity contribution in [3.8, 4) is 0 Å². The van der Waals surface area contributed by atoms with E-state index in [1.165, 1.54) is 12.3 Å². The van der Waals surface area contributed by atoms with Crippen molar-refractivity contribution in [1.29, 1.82) is 0 Å². The molecule has 1 aromatic heterocycles. The molecule has 0 bridgehead atoms. The number of hydrogen-bond acceptors (Lipinski definition) is 2. The Morgan fingerprint density at radius 1 is 1.35 bits per heavy atom. The summed E-state index contributed by atoms with van der Waals surface area (Å²) in [6, 6.07) is 2.75. The van der Waals surface area contributed by atoms with Crippen molar-refractivity contribution in [2.45, 2.75) is 25.3 Å². The lowest BCUT2D eigenvalue weighted by Gasteiger charge is -2.11. The fourth-order valence-corrected chi connectivity index (χ4v) is 2.48. The van der Waals surface area contributed by atoms with Gasteiger partial charge in [0.1, 0.15) is 17.2 Å². The maximum absolute atomic E-state index is 13.8. The second-order valence-corrected chi connectivity index (χ2v) is 4.48. The molecule has 1 saturated heterocycles. The van der Waals surface area contributed by atoms with Gasteiger partial charge in [0.05, 0.1) is 11.6 Å². The third-order valence-electron chi connectivity index (χ3n) is 3.35. The Morgan fingerprint density at radius 3 is 3.00 bits per heavy atom. The van der Waals surface area contributed by atoms with Gasteiger partial charge in [-0.2, -0.15) is 0 Å². The molecule has 0 radical (unpaired) electrons. The molecule has 2 heterocycles. The highest BCUT2D eigenvalue weighted by molar-refractivity contribution is 5.81. The third-order valence-corrected chi connectivity index (χ3v) is 3.35. The van der Waals surface area contributed by atoms with Gasteiger partial charge in [0.25, 0.3) is 0 Å². The summed E-state index contributed by atoms with van der Waals surface area (Å²) >= 11 is 0.